The van der Waals surface area contributed by atoms with Crippen LogP contribution in [0.25, 0.3) is 0 Å². The zero-order chi connectivity index (χ0) is 32.8. The average molecular weight is 638 g/mol. The normalized spacial score (nSPS) is 19.9. The van der Waals surface area contributed by atoms with E-state index in [1.807, 2.05) is 41.0 Å². The summed E-state index contributed by atoms with van der Waals surface area (Å²) in [6, 6.07) is 11.3. The standard InChI is InChI=1S/C35H45F2N5O4/c1-3-25(5-4-24(2)33(43)41-14-10-29(11-15-41)45-28-8-6-27(39)7-9-28)21-42-23-35(46-34(42)44)12-16-40(17-13-35)22-30-31(36)18-26(20-38)19-32(30)37/h6-9,18-19,24-25,29H,3-5,10-17,21-23,39H2,1-2H3/t24-,25?/m1/s1. The van der Waals surface area contributed by atoms with Crippen LogP contribution in [0.5, 0.6) is 5.75 Å². The third-order valence-electron chi connectivity index (χ3n) is 9.88. The van der Waals surface area contributed by atoms with Gasteiger partial charge in [-0.05, 0) is 55.2 Å². The van der Waals surface area contributed by atoms with Crippen molar-refractivity contribution in [1.82, 2.24) is 14.7 Å². The molecular weight excluding hydrogens is 592 g/mol. The van der Waals surface area contributed by atoms with Crippen LogP contribution in [0.1, 0.15) is 69.9 Å². The number of anilines is 1. The first-order valence-electron chi connectivity index (χ1n) is 16.5. The molecule has 0 aliphatic carbocycles. The van der Waals surface area contributed by atoms with Gasteiger partial charge in [-0.3, -0.25) is 9.69 Å². The first-order valence-corrected chi connectivity index (χ1v) is 16.5. The number of carbonyl (C=O) groups is 2. The van der Waals surface area contributed by atoms with Gasteiger partial charge in [0, 0.05) is 82.1 Å². The third kappa shape index (κ3) is 8.08. The minimum Gasteiger partial charge on any atom is -0.490 e. The van der Waals surface area contributed by atoms with Crippen molar-refractivity contribution in [2.75, 3.05) is 45.0 Å². The lowest BCUT2D eigenvalue weighted by molar-refractivity contribution is -0.137. The van der Waals surface area contributed by atoms with E-state index >= 15 is 0 Å². The first-order chi connectivity index (χ1) is 22.1. The molecule has 3 fully saturated rings. The minimum atomic E-state index is -0.721. The highest BCUT2D eigenvalue weighted by Gasteiger charge is 2.47. The van der Waals surface area contributed by atoms with Crippen molar-refractivity contribution >= 4 is 17.7 Å². The maximum Gasteiger partial charge on any atom is 0.410 e. The minimum absolute atomic E-state index is 0.0433. The Bertz CT molecular complexity index is 1390. The van der Waals surface area contributed by atoms with Gasteiger partial charge in [-0.1, -0.05) is 20.3 Å². The Hall–Kier alpha value is -3.91. The van der Waals surface area contributed by atoms with Crippen LogP contribution in [0.3, 0.4) is 0 Å². The Morgan fingerprint density at radius 3 is 2.37 bits per heavy atom. The fourth-order valence-corrected chi connectivity index (χ4v) is 6.84. The van der Waals surface area contributed by atoms with Gasteiger partial charge >= 0.3 is 6.09 Å². The Balaban J connectivity index is 1.04. The summed E-state index contributed by atoms with van der Waals surface area (Å²) in [7, 11) is 0. The summed E-state index contributed by atoms with van der Waals surface area (Å²) >= 11 is 0. The monoisotopic (exact) mass is 637 g/mol. The van der Waals surface area contributed by atoms with Crippen LogP contribution in [0.15, 0.2) is 36.4 Å². The molecule has 2 aromatic rings. The molecule has 1 unspecified atom stereocenters. The van der Waals surface area contributed by atoms with Gasteiger partial charge in [0.15, 0.2) is 0 Å². The number of nitriles is 1. The van der Waals surface area contributed by atoms with Crippen molar-refractivity contribution in [1.29, 1.82) is 5.26 Å². The number of benzene rings is 2. The molecule has 0 bridgehead atoms. The van der Waals surface area contributed by atoms with Gasteiger partial charge in [-0.25, -0.2) is 13.6 Å². The van der Waals surface area contributed by atoms with Gasteiger partial charge < -0.3 is 25.0 Å². The molecule has 9 nitrogen and oxygen atoms in total. The fourth-order valence-electron chi connectivity index (χ4n) is 6.84. The van der Waals surface area contributed by atoms with Gasteiger partial charge in [-0.2, -0.15) is 5.26 Å². The number of halogens is 2. The molecule has 5 rings (SSSR count). The fraction of sp³-hybridized carbons (Fsp3) is 0.571. The van der Waals surface area contributed by atoms with Crippen molar-refractivity contribution in [2.24, 2.45) is 11.8 Å². The second-order valence-corrected chi connectivity index (χ2v) is 13.2. The number of likely N-dealkylation sites (tertiary alicyclic amines) is 2. The molecule has 46 heavy (non-hydrogen) atoms. The second-order valence-electron chi connectivity index (χ2n) is 13.2. The first kappa shape index (κ1) is 33.5. The number of carbonyl (C=O) groups excluding carboxylic acids is 2. The lowest BCUT2D eigenvalue weighted by Crippen LogP contribution is -2.47. The lowest BCUT2D eigenvalue weighted by atomic mass is 9.90. The molecule has 0 aromatic heterocycles. The number of piperidine rings is 2. The number of ether oxygens (including phenoxy) is 2. The number of hydrogen-bond donors (Lipinski definition) is 1. The molecule has 2 amide bonds. The topological polar surface area (TPSA) is 112 Å². The highest BCUT2D eigenvalue weighted by molar-refractivity contribution is 5.78. The predicted octanol–water partition coefficient (Wildman–Crippen LogP) is 5.72. The number of nitrogens with two attached hydrogens (primary N) is 1. The van der Waals surface area contributed by atoms with E-state index in [0.29, 0.717) is 57.8 Å². The quantitative estimate of drug-likeness (QED) is 0.314. The molecule has 3 aliphatic heterocycles. The summed E-state index contributed by atoms with van der Waals surface area (Å²) in [6.45, 7) is 7.72. The molecule has 2 atom stereocenters. The van der Waals surface area contributed by atoms with Crippen LogP contribution in [0, 0.1) is 34.8 Å². The van der Waals surface area contributed by atoms with Gasteiger partial charge in [0.2, 0.25) is 5.91 Å². The SMILES string of the molecule is CCC(CC[C@@H](C)C(=O)N1CCC(Oc2ccc(N)cc2)CC1)CN1CC2(CCN(Cc3c(F)cc(C#N)cc3F)CC2)OC1=O. The Morgan fingerprint density at radius 2 is 1.76 bits per heavy atom. The average Bonchev–Trinajstić information content (AvgIpc) is 3.36. The van der Waals surface area contributed by atoms with E-state index in [-0.39, 0.29) is 47.6 Å². The number of hydrogen-bond acceptors (Lipinski definition) is 7. The van der Waals surface area contributed by atoms with Gasteiger partial charge in [0.05, 0.1) is 18.2 Å². The summed E-state index contributed by atoms with van der Waals surface area (Å²) in [5.74, 6) is -0.324. The van der Waals surface area contributed by atoms with E-state index in [9.17, 15) is 18.4 Å². The van der Waals surface area contributed by atoms with E-state index in [0.717, 1.165) is 50.0 Å². The van der Waals surface area contributed by atoms with E-state index < -0.39 is 17.2 Å². The molecule has 248 valence electrons. The highest BCUT2D eigenvalue weighted by Crippen LogP contribution is 2.35. The molecule has 0 saturated carbocycles. The van der Waals surface area contributed by atoms with Crippen LogP contribution in [-0.4, -0.2) is 77.7 Å². The molecule has 11 heteroatoms. The molecular formula is C35H45F2N5O4. The van der Waals surface area contributed by atoms with Crippen LogP contribution in [0.2, 0.25) is 0 Å². The van der Waals surface area contributed by atoms with Crippen LogP contribution >= 0.6 is 0 Å². The Labute approximate surface area is 270 Å². The number of rotatable bonds is 11. The van der Waals surface area contributed by atoms with Crippen LogP contribution in [0.4, 0.5) is 19.3 Å². The Morgan fingerprint density at radius 1 is 1.11 bits per heavy atom. The molecule has 3 saturated heterocycles. The summed E-state index contributed by atoms with van der Waals surface area (Å²) in [4.78, 5) is 31.9. The number of nitrogen functional groups attached to an aromatic ring is 1. The van der Waals surface area contributed by atoms with Crippen molar-refractivity contribution < 1.29 is 27.8 Å². The maximum absolute atomic E-state index is 14.4. The van der Waals surface area contributed by atoms with Gasteiger partial charge in [0.25, 0.3) is 0 Å². The summed E-state index contributed by atoms with van der Waals surface area (Å²) in [6.07, 6.45) is 5.00. The van der Waals surface area contributed by atoms with E-state index in [2.05, 4.69) is 6.92 Å². The van der Waals surface area contributed by atoms with Gasteiger partial charge in [-0.15, -0.1) is 0 Å². The van der Waals surface area contributed by atoms with Gasteiger partial charge in [0.1, 0.15) is 29.1 Å². The molecule has 2 N–H and O–H groups in total. The zero-order valence-corrected chi connectivity index (χ0v) is 26.9. The molecule has 1 spiro atoms. The van der Waals surface area contributed by atoms with Crippen molar-refractivity contribution in [3.8, 4) is 11.8 Å². The Kier molecular flexibility index (Phi) is 10.7. The summed E-state index contributed by atoms with van der Waals surface area (Å²) in [5, 5.41) is 8.94. The molecule has 2 aromatic carbocycles. The van der Waals surface area contributed by atoms with Crippen LogP contribution < -0.4 is 10.5 Å². The summed E-state index contributed by atoms with van der Waals surface area (Å²) < 4.78 is 40.8. The van der Waals surface area contributed by atoms with E-state index in [1.165, 1.54) is 0 Å². The van der Waals surface area contributed by atoms with Crippen molar-refractivity contribution in [2.45, 2.75) is 77.0 Å². The van der Waals surface area contributed by atoms with Crippen molar-refractivity contribution in [3.63, 3.8) is 0 Å². The molecule has 3 aliphatic rings. The smallest absolute Gasteiger partial charge is 0.410 e. The third-order valence-corrected chi connectivity index (χ3v) is 9.88. The molecule has 3 heterocycles. The van der Waals surface area contributed by atoms with Crippen LogP contribution in [-0.2, 0) is 16.1 Å². The zero-order valence-electron chi connectivity index (χ0n) is 26.9. The predicted molar refractivity (Wildman–Crippen MR) is 170 cm³/mol. The number of nitrogens with zero attached hydrogens (tertiary/aromatic N) is 4. The number of amides is 2. The largest absolute Gasteiger partial charge is 0.490 e. The highest BCUT2D eigenvalue weighted by atomic mass is 19.1. The molecule has 0 radical (unpaired) electrons. The van der Waals surface area contributed by atoms with E-state index in [4.69, 9.17) is 20.5 Å². The summed E-state index contributed by atoms with van der Waals surface area (Å²) in [5.41, 5.74) is 5.77. The second kappa shape index (κ2) is 14.7. The van der Waals surface area contributed by atoms with Crippen molar-refractivity contribution in [3.05, 3.63) is 59.2 Å². The van der Waals surface area contributed by atoms with E-state index in [1.54, 1.807) is 11.0 Å². The maximum atomic E-state index is 14.4. The lowest BCUT2D eigenvalue weighted by Gasteiger charge is -2.37.